The van der Waals surface area contributed by atoms with Crippen LogP contribution in [-0.2, 0) is 4.79 Å². The summed E-state index contributed by atoms with van der Waals surface area (Å²) in [5.41, 5.74) is 5.74. The third-order valence-electron chi connectivity index (χ3n) is 2.62. The van der Waals surface area contributed by atoms with Gasteiger partial charge in [-0.1, -0.05) is 27.2 Å². The number of hydrogen-bond acceptors (Lipinski definition) is 3. The summed E-state index contributed by atoms with van der Waals surface area (Å²) in [7, 11) is 0. The van der Waals surface area contributed by atoms with E-state index in [1.807, 2.05) is 20.8 Å². The van der Waals surface area contributed by atoms with Gasteiger partial charge >= 0.3 is 0 Å². The lowest BCUT2D eigenvalue weighted by molar-refractivity contribution is -0.124. The van der Waals surface area contributed by atoms with E-state index in [4.69, 9.17) is 10.8 Å². The molecule has 0 aliphatic rings. The Labute approximate surface area is 85.9 Å². The van der Waals surface area contributed by atoms with Crippen molar-refractivity contribution >= 4 is 5.91 Å². The van der Waals surface area contributed by atoms with Crippen LogP contribution in [0.4, 0.5) is 0 Å². The zero-order valence-corrected chi connectivity index (χ0v) is 9.29. The molecule has 0 aliphatic carbocycles. The van der Waals surface area contributed by atoms with E-state index in [2.05, 4.69) is 5.32 Å². The SMILES string of the molecule is CCC(CO)NC(=O)C(N)C(C)CC. The molecule has 0 saturated carbocycles. The van der Waals surface area contributed by atoms with Gasteiger partial charge in [-0.25, -0.2) is 0 Å². The first kappa shape index (κ1) is 13.4. The van der Waals surface area contributed by atoms with Gasteiger partial charge in [-0.2, -0.15) is 0 Å². The predicted molar refractivity (Wildman–Crippen MR) is 56.7 cm³/mol. The van der Waals surface area contributed by atoms with E-state index in [-0.39, 0.29) is 24.5 Å². The number of aliphatic hydroxyl groups is 1. The zero-order valence-electron chi connectivity index (χ0n) is 9.29. The normalized spacial score (nSPS) is 17.2. The van der Waals surface area contributed by atoms with Crippen LogP contribution in [0.3, 0.4) is 0 Å². The van der Waals surface area contributed by atoms with E-state index >= 15 is 0 Å². The Morgan fingerprint density at radius 1 is 1.43 bits per heavy atom. The van der Waals surface area contributed by atoms with Crippen LogP contribution >= 0.6 is 0 Å². The molecule has 3 unspecified atom stereocenters. The summed E-state index contributed by atoms with van der Waals surface area (Å²) in [6.45, 7) is 5.83. The van der Waals surface area contributed by atoms with Crippen LogP contribution in [0, 0.1) is 5.92 Å². The van der Waals surface area contributed by atoms with Crippen molar-refractivity contribution in [1.29, 1.82) is 0 Å². The molecule has 0 heterocycles. The highest BCUT2D eigenvalue weighted by atomic mass is 16.3. The number of carbonyl (C=O) groups is 1. The first-order chi connectivity index (χ1) is 6.56. The minimum absolute atomic E-state index is 0.0323. The average molecular weight is 202 g/mol. The molecule has 3 atom stereocenters. The molecule has 0 rings (SSSR count). The van der Waals surface area contributed by atoms with Gasteiger partial charge in [-0.05, 0) is 12.3 Å². The van der Waals surface area contributed by atoms with Crippen LogP contribution in [0.25, 0.3) is 0 Å². The Balaban J connectivity index is 4.06. The van der Waals surface area contributed by atoms with Gasteiger partial charge in [0.05, 0.1) is 18.7 Å². The molecule has 0 radical (unpaired) electrons. The van der Waals surface area contributed by atoms with Gasteiger partial charge in [0.15, 0.2) is 0 Å². The molecule has 0 fully saturated rings. The third kappa shape index (κ3) is 4.07. The molecule has 0 aromatic carbocycles. The van der Waals surface area contributed by atoms with Gasteiger partial charge in [0.2, 0.25) is 5.91 Å². The van der Waals surface area contributed by atoms with Crippen LogP contribution in [0.15, 0.2) is 0 Å². The average Bonchev–Trinajstić information content (AvgIpc) is 2.23. The highest BCUT2D eigenvalue weighted by Gasteiger charge is 2.20. The van der Waals surface area contributed by atoms with Crippen molar-refractivity contribution in [2.24, 2.45) is 11.7 Å². The Morgan fingerprint density at radius 3 is 2.36 bits per heavy atom. The number of aliphatic hydroxyl groups excluding tert-OH is 1. The molecular weight excluding hydrogens is 180 g/mol. The largest absolute Gasteiger partial charge is 0.394 e. The van der Waals surface area contributed by atoms with Gasteiger partial charge in [0.1, 0.15) is 0 Å². The van der Waals surface area contributed by atoms with Crippen LogP contribution in [0.1, 0.15) is 33.6 Å². The molecule has 0 aromatic heterocycles. The van der Waals surface area contributed by atoms with Crippen molar-refractivity contribution in [1.82, 2.24) is 5.32 Å². The first-order valence-corrected chi connectivity index (χ1v) is 5.23. The van der Waals surface area contributed by atoms with E-state index < -0.39 is 6.04 Å². The number of rotatable bonds is 6. The fourth-order valence-corrected chi connectivity index (χ4v) is 1.09. The monoisotopic (exact) mass is 202 g/mol. The summed E-state index contributed by atoms with van der Waals surface area (Å²) in [6.07, 6.45) is 1.60. The van der Waals surface area contributed by atoms with Crippen LogP contribution in [0.5, 0.6) is 0 Å². The van der Waals surface area contributed by atoms with Crippen molar-refractivity contribution in [2.45, 2.75) is 45.7 Å². The lowest BCUT2D eigenvalue weighted by Crippen LogP contribution is -2.49. The maximum atomic E-state index is 11.5. The molecular formula is C10H22N2O2. The lowest BCUT2D eigenvalue weighted by atomic mass is 9.99. The van der Waals surface area contributed by atoms with Crippen molar-refractivity contribution in [2.75, 3.05) is 6.61 Å². The predicted octanol–water partition coefficient (Wildman–Crippen LogP) is 0.247. The van der Waals surface area contributed by atoms with Gasteiger partial charge in [0, 0.05) is 0 Å². The second-order valence-electron chi connectivity index (χ2n) is 3.71. The lowest BCUT2D eigenvalue weighted by Gasteiger charge is -2.21. The molecule has 0 aliphatic heterocycles. The molecule has 0 bridgehead atoms. The topological polar surface area (TPSA) is 75.3 Å². The van der Waals surface area contributed by atoms with Crippen molar-refractivity contribution < 1.29 is 9.90 Å². The Morgan fingerprint density at radius 2 is 2.00 bits per heavy atom. The second-order valence-corrected chi connectivity index (χ2v) is 3.71. The number of amides is 1. The number of nitrogens with two attached hydrogens (primary N) is 1. The highest BCUT2D eigenvalue weighted by Crippen LogP contribution is 2.05. The summed E-state index contributed by atoms with van der Waals surface area (Å²) in [5.74, 6) is 0.00597. The van der Waals surface area contributed by atoms with Crippen molar-refractivity contribution in [3.63, 3.8) is 0 Å². The summed E-state index contributed by atoms with van der Waals surface area (Å²) in [5, 5.41) is 11.6. The molecule has 0 spiro atoms. The van der Waals surface area contributed by atoms with E-state index in [1.165, 1.54) is 0 Å². The molecule has 4 N–H and O–H groups in total. The number of hydrogen-bond donors (Lipinski definition) is 3. The third-order valence-corrected chi connectivity index (χ3v) is 2.62. The molecule has 4 heteroatoms. The molecule has 0 aromatic rings. The molecule has 1 amide bonds. The van der Waals surface area contributed by atoms with Crippen LogP contribution in [-0.4, -0.2) is 29.7 Å². The van der Waals surface area contributed by atoms with Crippen LogP contribution in [0.2, 0.25) is 0 Å². The molecule has 14 heavy (non-hydrogen) atoms. The Kier molecular flexibility index (Phi) is 6.49. The van der Waals surface area contributed by atoms with E-state index in [0.717, 1.165) is 12.8 Å². The van der Waals surface area contributed by atoms with E-state index in [9.17, 15) is 4.79 Å². The molecule has 84 valence electrons. The smallest absolute Gasteiger partial charge is 0.237 e. The number of carbonyl (C=O) groups excluding carboxylic acids is 1. The molecule has 0 saturated heterocycles. The van der Waals surface area contributed by atoms with Crippen molar-refractivity contribution in [3.05, 3.63) is 0 Å². The first-order valence-electron chi connectivity index (χ1n) is 5.23. The Hall–Kier alpha value is -0.610. The maximum absolute atomic E-state index is 11.5. The fraction of sp³-hybridized carbons (Fsp3) is 0.900. The standard InChI is InChI=1S/C10H22N2O2/c1-4-7(3)9(11)10(14)12-8(5-2)6-13/h7-9,13H,4-6,11H2,1-3H3,(H,12,14). The van der Waals surface area contributed by atoms with E-state index in [1.54, 1.807) is 0 Å². The summed E-state index contributed by atoms with van der Waals surface area (Å²) < 4.78 is 0. The van der Waals surface area contributed by atoms with Gasteiger partial charge in [-0.15, -0.1) is 0 Å². The van der Waals surface area contributed by atoms with Gasteiger partial charge < -0.3 is 16.2 Å². The van der Waals surface area contributed by atoms with Crippen LogP contribution < -0.4 is 11.1 Å². The highest BCUT2D eigenvalue weighted by molar-refractivity contribution is 5.82. The van der Waals surface area contributed by atoms with Gasteiger partial charge in [0.25, 0.3) is 0 Å². The molecule has 4 nitrogen and oxygen atoms in total. The van der Waals surface area contributed by atoms with Crippen molar-refractivity contribution in [3.8, 4) is 0 Å². The minimum atomic E-state index is -0.472. The maximum Gasteiger partial charge on any atom is 0.237 e. The zero-order chi connectivity index (χ0) is 11.1. The Bertz CT molecular complexity index is 170. The fourth-order valence-electron chi connectivity index (χ4n) is 1.09. The van der Waals surface area contributed by atoms with E-state index in [0.29, 0.717) is 0 Å². The summed E-state index contributed by atoms with van der Waals surface area (Å²) >= 11 is 0. The summed E-state index contributed by atoms with van der Waals surface area (Å²) in [6, 6.07) is -0.641. The minimum Gasteiger partial charge on any atom is -0.394 e. The van der Waals surface area contributed by atoms with Gasteiger partial charge in [-0.3, -0.25) is 4.79 Å². The second kappa shape index (κ2) is 6.79. The number of nitrogens with one attached hydrogen (secondary N) is 1. The quantitative estimate of drug-likeness (QED) is 0.578. The summed E-state index contributed by atoms with van der Waals surface area (Å²) in [4.78, 5) is 11.5.